The van der Waals surface area contributed by atoms with Crippen LogP contribution in [0.3, 0.4) is 0 Å². The van der Waals surface area contributed by atoms with Crippen molar-refractivity contribution in [1.29, 1.82) is 5.26 Å². The van der Waals surface area contributed by atoms with Crippen molar-refractivity contribution >= 4 is 44.0 Å². The number of anilines is 4. The van der Waals surface area contributed by atoms with E-state index in [2.05, 4.69) is 37.6 Å². The van der Waals surface area contributed by atoms with E-state index in [1.54, 1.807) is 0 Å². The summed E-state index contributed by atoms with van der Waals surface area (Å²) in [6, 6.07) is 17.4. The molecule has 0 fully saturated rings. The summed E-state index contributed by atoms with van der Waals surface area (Å²) in [7, 11) is 0. The zero-order chi connectivity index (χ0) is 19.3. The molecule has 7 heteroatoms. The quantitative estimate of drug-likeness (QED) is 0.490. The van der Waals surface area contributed by atoms with Crippen molar-refractivity contribution in [3.63, 3.8) is 0 Å². The van der Waals surface area contributed by atoms with Gasteiger partial charge in [-0.3, -0.25) is 0 Å². The third kappa shape index (κ3) is 3.75. The summed E-state index contributed by atoms with van der Waals surface area (Å²) in [5, 5.41) is 16.0. The zero-order valence-corrected chi connectivity index (χ0v) is 15.5. The summed E-state index contributed by atoms with van der Waals surface area (Å²) in [6.07, 6.45) is 7.35. The SMILES string of the molecule is C#Cc1cccc(Nc2ncnc3nc(Nc4ccc(CC#N)cc4)sc23)c1. The Morgan fingerprint density at radius 1 is 1.04 bits per heavy atom. The molecule has 0 atom stereocenters. The van der Waals surface area contributed by atoms with Crippen LogP contribution in [0.4, 0.5) is 22.3 Å². The average Bonchev–Trinajstić information content (AvgIpc) is 3.13. The topological polar surface area (TPSA) is 86.5 Å². The molecule has 0 aliphatic rings. The Balaban J connectivity index is 1.60. The first-order chi connectivity index (χ1) is 13.7. The Hall–Kier alpha value is -3.94. The van der Waals surface area contributed by atoms with Crippen molar-refractivity contribution in [3.05, 3.63) is 66.0 Å². The predicted octanol–water partition coefficient (Wildman–Crippen LogP) is 4.62. The van der Waals surface area contributed by atoms with E-state index in [4.69, 9.17) is 11.7 Å². The fourth-order valence-corrected chi connectivity index (χ4v) is 3.52. The number of benzene rings is 2. The molecule has 0 amide bonds. The van der Waals surface area contributed by atoms with Crippen molar-refractivity contribution in [2.75, 3.05) is 10.6 Å². The Labute approximate surface area is 165 Å². The Kier molecular flexibility index (Phi) is 4.83. The van der Waals surface area contributed by atoms with E-state index < -0.39 is 0 Å². The van der Waals surface area contributed by atoms with Crippen LogP contribution in [0.25, 0.3) is 10.3 Å². The van der Waals surface area contributed by atoms with Crippen LogP contribution in [0.1, 0.15) is 11.1 Å². The Bertz CT molecular complexity index is 1210. The number of nitrogens with zero attached hydrogens (tertiary/aromatic N) is 4. The van der Waals surface area contributed by atoms with Crippen molar-refractivity contribution in [1.82, 2.24) is 15.0 Å². The number of aromatic nitrogens is 3. The van der Waals surface area contributed by atoms with Gasteiger partial charge in [0.1, 0.15) is 11.0 Å². The number of hydrogen-bond acceptors (Lipinski definition) is 7. The second-order valence-corrected chi connectivity index (χ2v) is 6.90. The Morgan fingerprint density at radius 3 is 2.68 bits per heavy atom. The molecule has 2 aromatic carbocycles. The molecule has 134 valence electrons. The van der Waals surface area contributed by atoms with Gasteiger partial charge < -0.3 is 10.6 Å². The molecular weight excluding hydrogens is 368 g/mol. The average molecular weight is 382 g/mol. The van der Waals surface area contributed by atoms with Gasteiger partial charge >= 0.3 is 0 Å². The summed E-state index contributed by atoms with van der Waals surface area (Å²) in [4.78, 5) is 13.1. The number of hydrogen-bond donors (Lipinski definition) is 2. The molecule has 0 aliphatic carbocycles. The molecule has 6 nitrogen and oxygen atoms in total. The van der Waals surface area contributed by atoms with E-state index in [9.17, 15) is 0 Å². The molecule has 2 aromatic heterocycles. The first kappa shape index (κ1) is 17.5. The van der Waals surface area contributed by atoms with Crippen LogP contribution in [0, 0.1) is 23.7 Å². The first-order valence-corrected chi connectivity index (χ1v) is 9.25. The van der Waals surface area contributed by atoms with Gasteiger partial charge in [0.05, 0.1) is 12.5 Å². The fraction of sp³-hybridized carbons (Fsp3) is 0.0476. The van der Waals surface area contributed by atoms with Crippen molar-refractivity contribution in [2.24, 2.45) is 0 Å². The van der Waals surface area contributed by atoms with E-state index in [1.807, 2.05) is 48.5 Å². The zero-order valence-electron chi connectivity index (χ0n) is 14.7. The summed E-state index contributed by atoms with van der Waals surface area (Å²) in [5.41, 5.74) is 4.13. The van der Waals surface area contributed by atoms with E-state index in [0.717, 1.165) is 27.2 Å². The molecule has 0 aliphatic heterocycles. The molecule has 0 radical (unpaired) electrons. The molecule has 4 aromatic rings. The number of fused-ring (bicyclic) bond motifs is 1. The van der Waals surface area contributed by atoms with E-state index in [-0.39, 0.29) is 0 Å². The summed E-state index contributed by atoms with van der Waals surface area (Å²) >= 11 is 1.46. The minimum absolute atomic E-state index is 0.396. The van der Waals surface area contributed by atoms with Gasteiger partial charge in [-0.05, 0) is 35.9 Å². The monoisotopic (exact) mass is 382 g/mol. The highest BCUT2D eigenvalue weighted by atomic mass is 32.1. The fourth-order valence-electron chi connectivity index (χ4n) is 2.64. The number of terminal acetylenes is 1. The lowest BCUT2D eigenvalue weighted by molar-refractivity contribution is 1.20. The van der Waals surface area contributed by atoms with Crippen LogP contribution in [0.2, 0.25) is 0 Å². The number of nitriles is 1. The maximum absolute atomic E-state index is 8.76. The van der Waals surface area contributed by atoms with Gasteiger partial charge in [0.2, 0.25) is 0 Å². The molecule has 2 heterocycles. The number of rotatable bonds is 5. The van der Waals surface area contributed by atoms with Crippen LogP contribution in [0.5, 0.6) is 0 Å². The highest BCUT2D eigenvalue weighted by Gasteiger charge is 2.11. The molecule has 2 N–H and O–H groups in total. The molecule has 4 rings (SSSR count). The standard InChI is InChI=1S/C21H14N6S/c1-2-14-4-3-5-17(12-14)25-19-18-20(24-13-23-19)27-21(28-18)26-16-8-6-15(7-9-16)10-11-22/h1,3-9,12-13H,10H2,(H2,23,24,25,26,27). The van der Waals surface area contributed by atoms with Crippen LogP contribution < -0.4 is 10.6 Å². The lowest BCUT2D eigenvalue weighted by atomic mass is 10.1. The second kappa shape index (κ2) is 7.75. The molecule has 0 bridgehead atoms. The van der Waals surface area contributed by atoms with Gasteiger partial charge in [0.15, 0.2) is 16.6 Å². The summed E-state index contributed by atoms with van der Waals surface area (Å²) < 4.78 is 0.845. The van der Waals surface area contributed by atoms with Gasteiger partial charge in [-0.1, -0.05) is 35.5 Å². The molecule has 0 spiro atoms. The number of nitrogens with one attached hydrogen (secondary N) is 2. The van der Waals surface area contributed by atoms with Gasteiger partial charge in [0.25, 0.3) is 0 Å². The molecule has 28 heavy (non-hydrogen) atoms. The highest BCUT2D eigenvalue weighted by Crippen LogP contribution is 2.32. The number of thiazole rings is 1. The highest BCUT2D eigenvalue weighted by molar-refractivity contribution is 7.22. The minimum atomic E-state index is 0.396. The van der Waals surface area contributed by atoms with E-state index in [0.29, 0.717) is 23.0 Å². The molecule has 0 saturated heterocycles. The smallest absolute Gasteiger partial charge is 0.189 e. The van der Waals surface area contributed by atoms with Crippen LogP contribution in [-0.4, -0.2) is 15.0 Å². The minimum Gasteiger partial charge on any atom is -0.339 e. The van der Waals surface area contributed by atoms with Gasteiger partial charge in [0, 0.05) is 16.9 Å². The van der Waals surface area contributed by atoms with Gasteiger partial charge in [-0.15, -0.1) is 6.42 Å². The van der Waals surface area contributed by atoms with Crippen LogP contribution in [0.15, 0.2) is 54.9 Å². The maximum Gasteiger partial charge on any atom is 0.189 e. The largest absolute Gasteiger partial charge is 0.339 e. The van der Waals surface area contributed by atoms with E-state index >= 15 is 0 Å². The van der Waals surface area contributed by atoms with E-state index in [1.165, 1.54) is 17.7 Å². The predicted molar refractivity (Wildman–Crippen MR) is 112 cm³/mol. The van der Waals surface area contributed by atoms with Crippen LogP contribution in [-0.2, 0) is 6.42 Å². The molecular formula is C21H14N6S. The lowest BCUT2D eigenvalue weighted by Gasteiger charge is -2.06. The second-order valence-electron chi connectivity index (χ2n) is 5.90. The van der Waals surface area contributed by atoms with Crippen molar-refractivity contribution < 1.29 is 0 Å². The van der Waals surface area contributed by atoms with Crippen LogP contribution >= 0.6 is 11.3 Å². The summed E-state index contributed by atoms with van der Waals surface area (Å²) in [6.45, 7) is 0. The molecule has 0 saturated carbocycles. The summed E-state index contributed by atoms with van der Waals surface area (Å²) in [5.74, 6) is 3.30. The lowest BCUT2D eigenvalue weighted by Crippen LogP contribution is -1.95. The van der Waals surface area contributed by atoms with Gasteiger partial charge in [-0.25, -0.2) is 9.97 Å². The maximum atomic E-state index is 8.76. The molecule has 0 unspecified atom stereocenters. The van der Waals surface area contributed by atoms with Crippen molar-refractivity contribution in [3.8, 4) is 18.4 Å². The Morgan fingerprint density at radius 2 is 1.89 bits per heavy atom. The third-order valence-electron chi connectivity index (χ3n) is 3.97. The normalized spacial score (nSPS) is 10.2. The van der Waals surface area contributed by atoms with Crippen molar-refractivity contribution in [2.45, 2.75) is 6.42 Å². The van der Waals surface area contributed by atoms with Gasteiger partial charge in [-0.2, -0.15) is 10.2 Å². The third-order valence-corrected chi connectivity index (χ3v) is 4.94. The first-order valence-electron chi connectivity index (χ1n) is 8.43.